The Hall–Kier alpha value is -1.80. The molecule has 0 aliphatic rings. The number of hydrogen-bond acceptors (Lipinski definition) is 6. The van der Waals surface area contributed by atoms with Crippen LogP contribution >= 0.6 is 46.3 Å². The van der Waals surface area contributed by atoms with Crippen LogP contribution in [0.25, 0.3) is 0 Å². The van der Waals surface area contributed by atoms with Gasteiger partial charge in [0.15, 0.2) is 10.4 Å². The smallest absolute Gasteiger partial charge is 0.266 e. The van der Waals surface area contributed by atoms with Crippen LogP contribution in [-0.2, 0) is 16.0 Å². The monoisotopic (exact) mass is 495 g/mol. The van der Waals surface area contributed by atoms with Crippen LogP contribution in [0.15, 0.2) is 46.8 Å². The van der Waals surface area contributed by atoms with Gasteiger partial charge in [-0.05, 0) is 47.7 Å². The molecular formula is C22H23Cl2N3O2S2. The minimum absolute atomic E-state index is 0.0635. The summed E-state index contributed by atoms with van der Waals surface area (Å²) in [6, 6.07) is 13.2. The maximum Gasteiger partial charge on any atom is 0.266 e. The van der Waals surface area contributed by atoms with Gasteiger partial charge in [0.25, 0.3) is 5.91 Å². The van der Waals surface area contributed by atoms with E-state index in [1.165, 1.54) is 28.7 Å². The molecule has 1 amide bonds. The lowest BCUT2D eigenvalue weighted by Crippen LogP contribution is -2.30. The Labute approximate surface area is 200 Å². The molecule has 1 heterocycles. The Morgan fingerprint density at radius 3 is 2.52 bits per heavy atom. The van der Waals surface area contributed by atoms with E-state index in [4.69, 9.17) is 27.9 Å². The van der Waals surface area contributed by atoms with Crippen molar-refractivity contribution in [2.24, 2.45) is 0 Å². The number of hydrogen-bond donors (Lipinski definition) is 1. The summed E-state index contributed by atoms with van der Waals surface area (Å²) in [5.74, 6) is 0.986. The predicted octanol–water partition coefficient (Wildman–Crippen LogP) is 6.84. The second-order valence-corrected chi connectivity index (χ2v) is 11.0. The summed E-state index contributed by atoms with van der Waals surface area (Å²) in [4.78, 5) is 12.5. The van der Waals surface area contributed by atoms with Crippen molar-refractivity contribution in [3.63, 3.8) is 0 Å². The van der Waals surface area contributed by atoms with Crippen LogP contribution in [0.5, 0.6) is 5.75 Å². The third-order valence-electron chi connectivity index (χ3n) is 4.41. The van der Waals surface area contributed by atoms with Gasteiger partial charge in [0, 0.05) is 15.8 Å². The van der Waals surface area contributed by atoms with Crippen LogP contribution < -0.4 is 10.1 Å². The Morgan fingerprint density at radius 1 is 1.16 bits per heavy atom. The first-order chi connectivity index (χ1) is 14.6. The van der Waals surface area contributed by atoms with E-state index in [2.05, 4.69) is 36.3 Å². The number of halogens is 2. The molecule has 0 bridgehead atoms. The van der Waals surface area contributed by atoms with Gasteiger partial charge in [-0.3, -0.25) is 10.1 Å². The number of ether oxygens (including phenoxy) is 1. The Morgan fingerprint density at radius 2 is 1.87 bits per heavy atom. The molecule has 0 saturated carbocycles. The lowest BCUT2D eigenvalue weighted by Gasteiger charge is -2.20. The maximum atomic E-state index is 12.5. The maximum absolute atomic E-state index is 12.5. The van der Waals surface area contributed by atoms with Crippen LogP contribution in [0.3, 0.4) is 0 Å². The van der Waals surface area contributed by atoms with Gasteiger partial charge >= 0.3 is 0 Å². The number of benzene rings is 2. The van der Waals surface area contributed by atoms with Gasteiger partial charge in [-0.15, -0.1) is 10.2 Å². The molecular weight excluding hydrogens is 473 g/mol. The van der Waals surface area contributed by atoms with E-state index in [0.717, 1.165) is 9.90 Å². The largest absolute Gasteiger partial charge is 0.481 e. The van der Waals surface area contributed by atoms with Crippen molar-refractivity contribution >= 4 is 57.3 Å². The Balaban J connectivity index is 1.52. The molecule has 1 unspecified atom stereocenters. The van der Waals surface area contributed by atoms with Crippen LogP contribution in [0.2, 0.25) is 10.0 Å². The molecule has 0 spiro atoms. The third-order valence-corrected chi connectivity index (χ3v) is 7.01. The summed E-state index contributed by atoms with van der Waals surface area (Å²) in [5, 5.41) is 12.5. The summed E-state index contributed by atoms with van der Waals surface area (Å²) >= 11 is 14.9. The topological polar surface area (TPSA) is 64.1 Å². The number of amides is 1. The second kappa shape index (κ2) is 10.2. The molecule has 5 nitrogen and oxygen atoms in total. The van der Waals surface area contributed by atoms with E-state index >= 15 is 0 Å². The summed E-state index contributed by atoms with van der Waals surface area (Å²) in [6.07, 6.45) is -0.673. The molecule has 0 fully saturated rings. The first-order valence-corrected chi connectivity index (χ1v) is 12.2. The van der Waals surface area contributed by atoms with E-state index in [1.807, 2.05) is 30.3 Å². The molecule has 1 atom stereocenters. The van der Waals surface area contributed by atoms with Gasteiger partial charge in [-0.1, -0.05) is 85.3 Å². The molecule has 3 rings (SSSR count). The normalized spacial score (nSPS) is 12.5. The molecule has 164 valence electrons. The Bertz CT molecular complexity index is 1050. The van der Waals surface area contributed by atoms with Crippen LogP contribution in [0, 0.1) is 0 Å². The standard InChI is InChI=1S/C22H23Cl2N3O2S2/c1-13(29-17-9-6-15(7-10-17)22(2,3)4)19(28)25-20-26-27-21(31-20)30-12-14-5-8-16(23)11-18(14)24/h5-11,13H,12H2,1-4H3,(H,25,26,28). The van der Waals surface area contributed by atoms with Gasteiger partial charge in [0.05, 0.1) is 0 Å². The molecule has 1 N–H and O–H groups in total. The molecule has 1 aromatic heterocycles. The molecule has 0 aliphatic carbocycles. The average molecular weight is 496 g/mol. The van der Waals surface area contributed by atoms with Crippen molar-refractivity contribution in [1.29, 1.82) is 0 Å². The molecule has 3 aromatic rings. The highest BCUT2D eigenvalue weighted by atomic mass is 35.5. The predicted molar refractivity (Wildman–Crippen MR) is 130 cm³/mol. The highest BCUT2D eigenvalue weighted by molar-refractivity contribution is 8.00. The number of nitrogens with one attached hydrogen (secondary N) is 1. The van der Waals surface area contributed by atoms with E-state index in [9.17, 15) is 4.79 Å². The fourth-order valence-corrected chi connectivity index (χ4v) is 4.91. The zero-order valence-electron chi connectivity index (χ0n) is 17.6. The van der Waals surface area contributed by atoms with Crippen molar-refractivity contribution in [1.82, 2.24) is 10.2 Å². The molecule has 31 heavy (non-hydrogen) atoms. The van der Waals surface area contributed by atoms with E-state index in [0.29, 0.717) is 26.7 Å². The fraction of sp³-hybridized carbons (Fsp3) is 0.318. The zero-order chi connectivity index (χ0) is 22.6. The lowest BCUT2D eigenvalue weighted by atomic mass is 9.87. The molecule has 9 heteroatoms. The lowest BCUT2D eigenvalue weighted by molar-refractivity contribution is -0.122. The van der Waals surface area contributed by atoms with Crippen molar-refractivity contribution in [3.8, 4) is 5.75 Å². The summed E-state index contributed by atoms with van der Waals surface area (Å²) < 4.78 is 6.49. The molecule has 0 aliphatic heterocycles. The first kappa shape index (κ1) is 23.9. The molecule has 2 aromatic carbocycles. The minimum Gasteiger partial charge on any atom is -0.481 e. The van der Waals surface area contributed by atoms with Crippen molar-refractivity contribution < 1.29 is 9.53 Å². The minimum atomic E-state index is -0.673. The zero-order valence-corrected chi connectivity index (χ0v) is 20.8. The average Bonchev–Trinajstić information content (AvgIpc) is 3.14. The van der Waals surface area contributed by atoms with Gasteiger partial charge in [-0.2, -0.15) is 0 Å². The highest BCUT2D eigenvalue weighted by Crippen LogP contribution is 2.31. The fourth-order valence-electron chi connectivity index (χ4n) is 2.60. The Kier molecular flexibility index (Phi) is 7.86. The van der Waals surface area contributed by atoms with Gasteiger partial charge < -0.3 is 4.74 Å². The number of carbonyl (C=O) groups is 1. The third kappa shape index (κ3) is 6.84. The number of aromatic nitrogens is 2. The van der Waals surface area contributed by atoms with Gasteiger partial charge in [0.1, 0.15) is 5.75 Å². The highest BCUT2D eigenvalue weighted by Gasteiger charge is 2.18. The summed E-state index contributed by atoms with van der Waals surface area (Å²) in [6.45, 7) is 8.15. The quantitative estimate of drug-likeness (QED) is 0.287. The van der Waals surface area contributed by atoms with E-state index < -0.39 is 6.10 Å². The number of nitrogens with zero attached hydrogens (tertiary/aromatic N) is 2. The number of anilines is 1. The summed E-state index contributed by atoms with van der Waals surface area (Å²) in [5.41, 5.74) is 2.22. The molecule has 0 saturated heterocycles. The number of thioether (sulfide) groups is 1. The number of rotatable bonds is 7. The van der Waals surface area contributed by atoms with Crippen LogP contribution in [-0.4, -0.2) is 22.2 Å². The van der Waals surface area contributed by atoms with E-state index in [-0.39, 0.29) is 11.3 Å². The van der Waals surface area contributed by atoms with Crippen molar-refractivity contribution in [3.05, 3.63) is 63.6 Å². The van der Waals surface area contributed by atoms with Gasteiger partial charge in [0.2, 0.25) is 5.13 Å². The first-order valence-electron chi connectivity index (χ1n) is 9.60. The number of carbonyl (C=O) groups excluding carboxylic acids is 1. The SMILES string of the molecule is CC(Oc1ccc(C(C)(C)C)cc1)C(=O)Nc1nnc(SCc2ccc(Cl)cc2Cl)s1. The van der Waals surface area contributed by atoms with Gasteiger partial charge in [-0.25, -0.2) is 0 Å². The van der Waals surface area contributed by atoms with Crippen molar-refractivity contribution in [2.45, 2.75) is 49.3 Å². The second-order valence-electron chi connectivity index (χ2n) is 7.92. The molecule has 0 radical (unpaired) electrons. The van der Waals surface area contributed by atoms with Crippen LogP contribution in [0.1, 0.15) is 38.8 Å². The van der Waals surface area contributed by atoms with Crippen molar-refractivity contribution in [2.75, 3.05) is 5.32 Å². The van der Waals surface area contributed by atoms with Crippen LogP contribution in [0.4, 0.5) is 5.13 Å². The summed E-state index contributed by atoms with van der Waals surface area (Å²) in [7, 11) is 0. The van der Waals surface area contributed by atoms with E-state index in [1.54, 1.807) is 19.1 Å².